The fraction of sp³-hybridized carbons (Fsp3) is 0.0556. The second-order valence-corrected chi connectivity index (χ2v) is 5.76. The second-order valence-electron chi connectivity index (χ2n) is 4.70. The average Bonchev–Trinajstić information content (AvgIpc) is 2.85. The first-order valence-corrected chi connectivity index (χ1v) is 7.68. The first kappa shape index (κ1) is 16.7. The first-order chi connectivity index (χ1) is 10.3. The van der Waals surface area contributed by atoms with Gasteiger partial charge in [0.05, 0.1) is 0 Å². The third-order valence-corrected chi connectivity index (χ3v) is 4.43. The number of halogens is 1. The number of anilines is 1. The Morgan fingerprint density at radius 2 is 1.68 bits per heavy atom. The maximum Gasteiger partial charge on any atom is 0.262 e. The molecule has 2 nitrogen and oxygen atoms in total. The van der Waals surface area contributed by atoms with Crippen molar-refractivity contribution in [1.82, 2.24) is 0 Å². The molecule has 22 heavy (non-hydrogen) atoms. The molecule has 0 unspecified atom stereocenters. The monoisotopic (exact) mass is 420 g/mol. The van der Waals surface area contributed by atoms with Crippen molar-refractivity contribution in [2.24, 2.45) is 7.05 Å². The summed E-state index contributed by atoms with van der Waals surface area (Å²) in [6, 6.07) is 18.6. The van der Waals surface area contributed by atoms with Gasteiger partial charge in [0.15, 0.2) is 0 Å². The molecule has 0 saturated carbocycles. The smallest absolute Gasteiger partial charge is 0.262 e. The van der Waals surface area contributed by atoms with Crippen molar-refractivity contribution in [3.8, 4) is 0 Å². The largest absolute Gasteiger partial charge is 1.00 e. The predicted molar refractivity (Wildman–Crippen MR) is 91.2 cm³/mol. The molecule has 0 fully saturated rings. The van der Waals surface area contributed by atoms with E-state index in [9.17, 15) is 0 Å². The number of aromatic nitrogens is 1. The minimum absolute atomic E-state index is 0. The number of allylic oxidation sites excluding steroid dienone is 2. The second kappa shape index (κ2) is 8.10. The molecule has 0 aliphatic carbocycles. The van der Waals surface area contributed by atoms with Crippen molar-refractivity contribution in [3.63, 3.8) is 0 Å². The van der Waals surface area contributed by atoms with Gasteiger partial charge in [0.1, 0.15) is 11.7 Å². The summed E-state index contributed by atoms with van der Waals surface area (Å²) < 4.78 is 3.53. The summed E-state index contributed by atoms with van der Waals surface area (Å²) in [5.41, 5.74) is 2.36. The molecule has 0 radical (unpaired) electrons. The minimum atomic E-state index is 0. The fourth-order valence-electron chi connectivity index (χ4n) is 2.14. The van der Waals surface area contributed by atoms with Gasteiger partial charge in [-0.15, -0.1) is 0 Å². The van der Waals surface area contributed by atoms with Gasteiger partial charge in [0.2, 0.25) is 5.52 Å². The number of nitrogens with one attached hydrogen (secondary N) is 1. The Kier molecular flexibility index (Phi) is 6.15. The van der Waals surface area contributed by atoms with Crippen LogP contribution in [0.2, 0.25) is 0 Å². The zero-order valence-corrected chi connectivity index (χ0v) is 15.2. The molecule has 0 amide bonds. The topological polar surface area (TPSA) is 15.9 Å². The zero-order valence-electron chi connectivity index (χ0n) is 12.2. The van der Waals surface area contributed by atoms with E-state index in [1.165, 1.54) is 15.2 Å². The molecule has 3 aromatic rings. The van der Waals surface area contributed by atoms with Gasteiger partial charge in [-0.2, -0.15) is 4.57 Å². The van der Waals surface area contributed by atoms with E-state index in [2.05, 4.69) is 53.3 Å². The van der Waals surface area contributed by atoms with Crippen molar-refractivity contribution in [3.05, 3.63) is 78.0 Å². The molecule has 112 valence electrons. The van der Waals surface area contributed by atoms with Crippen LogP contribution >= 0.6 is 11.3 Å². The number of benzene rings is 2. The molecule has 0 aliphatic rings. The molecular weight excluding hydrogens is 403 g/mol. The van der Waals surface area contributed by atoms with Gasteiger partial charge in [0, 0.05) is 24.0 Å². The van der Waals surface area contributed by atoms with Crippen LogP contribution in [0.5, 0.6) is 0 Å². The molecule has 1 heterocycles. The summed E-state index contributed by atoms with van der Waals surface area (Å²) in [6.45, 7) is 0. The molecule has 1 N–H and O–H groups in total. The van der Waals surface area contributed by atoms with E-state index >= 15 is 0 Å². The summed E-state index contributed by atoms with van der Waals surface area (Å²) in [4.78, 5) is 0. The van der Waals surface area contributed by atoms with Crippen LogP contribution in [0.1, 0.15) is 5.01 Å². The average molecular weight is 420 g/mol. The highest BCUT2D eigenvalue weighted by atomic mass is 127. The Bertz CT molecular complexity index is 791. The number of hydrogen-bond donors (Lipinski definition) is 1. The first-order valence-electron chi connectivity index (χ1n) is 6.87. The van der Waals surface area contributed by atoms with Gasteiger partial charge in [0.25, 0.3) is 5.01 Å². The Morgan fingerprint density at radius 3 is 2.45 bits per heavy atom. The molecule has 3 rings (SSSR count). The predicted octanol–water partition coefficient (Wildman–Crippen LogP) is 1.37. The summed E-state index contributed by atoms with van der Waals surface area (Å²) in [6.07, 6.45) is 8.14. The Balaban J connectivity index is 0.00000176. The lowest BCUT2D eigenvalue weighted by Crippen LogP contribution is -3.00. The van der Waals surface area contributed by atoms with Crippen molar-refractivity contribution in [2.75, 3.05) is 5.32 Å². The van der Waals surface area contributed by atoms with Crippen molar-refractivity contribution in [2.45, 2.75) is 0 Å². The summed E-state index contributed by atoms with van der Waals surface area (Å²) in [5.74, 6) is 0. The highest BCUT2D eigenvalue weighted by Crippen LogP contribution is 2.20. The van der Waals surface area contributed by atoms with Crippen LogP contribution in [-0.2, 0) is 7.05 Å². The third kappa shape index (κ3) is 3.96. The van der Waals surface area contributed by atoms with Crippen molar-refractivity contribution in [1.29, 1.82) is 0 Å². The fourth-order valence-corrected chi connectivity index (χ4v) is 3.20. The number of thiazole rings is 1. The quantitative estimate of drug-likeness (QED) is 0.383. The van der Waals surface area contributed by atoms with Gasteiger partial charge in [-0.1, -0.05) is 47.7 Å². The summed E-state index contributed by atoms with van der Waals surface area (Å²) >= 11 is 1.80. The molecule has 0 atom stereocenters. The highest BCUT2D eigenvalue weighted by Gasteiger charge is 2.12. The van der Waals surface area contributed by atoms with Crippen LogP contribution in [0.15, 0.2) is 72.9 Å². The molecular formula is C18H17IN2S. The van der Waals surface area contributed by atoms with Gasteiger partial charge in [-0.3, -0.25) is 0 Å². The lowest BCUT2D eigenvalue weighted by Gasteiger charge is -1.97. The number of para-hydroxylation sites is 2. The molecule has 0 aliphatic heterocycles. The lowest BCUT2D eigenvalue weighted by atomic mass is 10.3. The number of nitrogens with zero attached hydrogens (tertiary/aromatic N) is 1. The molecule has 0 saturated heterocycles. The Hall–Kier alpha value is -1.66. The van der Waals surface area contributed by atoms with E-state index in [4.69, 9.17) is 0 Å². The SMILES string of the molecule is C[n+]1c(/C=C/C=C/Nc2ccccc2)sc2ccccc21.[I-]. The van der Waals surface area contributed by atoms with Gasteiger partial charge in [-0.25, -0.2) is 0 Å². The van der Waals surface area contributed by atoms with Crippen LogP contribution in [0, 0.1) is 0 Å². The lowest BCUT2D eigenvalue weighted by molar-refractivity contribution is -0.642. The number of aryl methyl sites for hydroxylation is 1. The molecule has 1 aromatic heterocycles. The van der Waals surface area contributed by atoms with E-state index in [1.807, 2.05) is 42.6 Å². The van der Waals surface area contributed by atoms with E-state index in [1.54, 1.807) is 11.3 Å². The number of hydrogen-bond acceptors (Lipinski definition) is 2. The van der Waals surface area contributed by atoms with E-state index < -0.39 is 0 Å². The van der Waals surface area contributed by atoms with Crippen molar-refractivity contribution < 1.29 is 28.5 Å². The standard InChI is InChI=1S/C18H16N2S.HI/c1-20-16-11-5-6-12-17(16)21-18(20)13-7-8-14-19-15-9-3-2-4-10-15;/h2-14H,1H3;1H. The van der Waals surface area contributed by atoms with Crippen LogP contribution in [0.3, 0.4) is 0 Å². The molecule has 0 bridgehead atoms. The maximum absolute atomic E-state index is 3.24. The zero-order chi connectivity index (χ0) is 14.5. The Labute approximate surface area is 151 Å². The van der Waals surface area contributed by atoms with Gasteiger partial charge in [-0.05, 0) is 24.3 Å². The molecule has 2 aromatic carbocycles. The minimum Gasteiger partial charge on any atom is -1.00 e. The maximum atomic E-state index is 3.24. The van der Waals surface area contributed by atoms with Gasteiger partial charge < -0.3 is 29.3 Å². The van der Waals surface area contributed by atoms with Crippen molar-refractivity contribution >= 4 is 33.3 Å². The Morgan fingerprint density at radius 1 is 0.955 bits per heavy atom. The van der Waals surface area contributed by atoms with Crippen LogP contribution < -0.4 is 33.9 Å². The van der Waals surface area contributed by atoms with Crippen LogP contribution in [0.4, 0.5) is 5.69 Å². The third-order valence-electron chi connectivity index (χ3n) is 3.24. The molecule has 4 heteroatoms. The van der Waals surface area contributed by atoms with E-state index in [0.29, 0.717) is 0 Å². The normalized spacial score (nSPS) is 11.1. The van der Waals surface area contributed by atoms with Crippen LogP contribution in [0.25, 0.3) is 16.3 Å². The van der Waals surface area contributed by atoms with E-state index in [-0.39, 0.29) is 24.0 Å². The number of rotatable bonds is 4. The number of fused-ring (bicyclic) bond motifs is 1. The van der Waals surface area contributed by atoms with Gasteiger partial charge >= 0.3 is 0 Å². The molecule has 0 spiro atoms. The van der Waals surface area contributed by atoms with Crippen LogP contribution in [-0.4, -0.2) is 0 Å². The van der Waals surface area contributed by atoms with E-state index in [0.717, 1.165) is 5.69 Å². The summed E-state index contributed by atoms with van der Waals surface area (Å²) in [5, 5.41) is 4.47. The summed E-state index contributed by atoms with van der Waals surface area (Å²) in [7, 11) is 2.10. The highest BCUT2D eigenvalue weighted by molar-refractivity contribution is 7.18.